The summed E-state index contributed by atoms with van der Waals surface area (Å²) in [7, 11) is 1.75. The molecule has 0 aliphatic heterocycles. The fraction of sp³-hybridized carbons (Fsp3) is 0.412. The highest BCUT2D eigenvalue weighted by atomic mass is 16.5. The molecule has 0 saturated heterocycles. The molecule has 1 aromatic heterocycles. The molecule has 0 atom stereocenters. The van der Waals surface area contributed by atoms with Crippen LogP contribution in [-0.4, -0.2) is 38.9 Å². The monoisotopic (exact) mass is 316 g/mol. The van der Waals surface area contributed by atoms with Crippen LogP contribution < -0.4 is 0 Å². The number of nitrogens with zero attached hydrogens (tertiary/aromatic N) is 2. The molecular formula is C17H20N2O4. The summed E-state index contributed by atoms with van der Waals surface area (Å²) in [6, 6.07) is 4.90. The molecule has 1 aliphatic rings. The zero-order valence-corrected chi connectivity index (χ0v) is 13.0. The maximum atomic E-state index is 11.2. The van der Waals surface area contributed by atoms with Crippen molar-refractivity contribution >= 4 is 5.97 Å². The largest absolute Gasteiger partial charge is 0.507 e. The number of aromatic hydroxyl groups is 1. The van der Waals surface area contributed by atoms with Crippen LogP contribution in [-0.2, 0) is 4.74 Å². The summed E-state index contributed by atoms with van der Waals surface area (Å²) >= 11 is 0. The zero-order chi connectivity index (χ0) is 16.4. The number of hydrogen-bond donors (Lipinski definition) is 2. The summed E-state index contributed by atoms with van der Waals surface area (Å²) in [5, 5.41) is 18.8. The average Bonchev–Trinajstić information content (AvgIpc) is 3.04. The number of aromatic carboxylic acids is 1. The zero-order valence-electron chi connectivity index (χ0n) is 13.0. The Morgan fingerprint density at radius 2 is 2.04 bits per heavy atom. The standard InChI is InChI=1S/C17H20N2O4/c1-23-13-5-3-12(4-6-13)19-9-8-18-16(19)11-2-7-15(20)14(10-11)17(21)22/h2,7-10,12-13,20H,3-6H2,1H3,(H,21,22). The number of carboxylic acids is 1. The van der Waals surface area contributed by atoms with Gasteiger partial charge in [-0.25, -0.2) is 9.78 Å². The number of imidazole rings is 1. The molecule has 2 N–H and O–H groups in total. The van der Waals surface area contributed by atoms with Crippen molar-refractivity contribution in [2.45, 2.75) is 37.8 Å². The molecule has 0 spiro atoms. The van der Waals surface area contributed by atoms with Crippen molar-refractivity contribution in [2.75, 3.05) is 7.11 Å². The van der Waals surface area contributed by atoms with Gasteiger partial charge in [0, 0.05) is 31.1 Å². The Morgan fingerprint density at radius 1 is 1.30 bits per heavy atom. The van der Waals surface area contributed by atoms with E-state index in [0.29, 0.717) is 17.7 Å². The Bertz CT molecular complexity index is 702. The van der Waals surface area contributed by atoms with Gasteiger partial charge >= 0.3 is 5.97 Å². The highest BCUT2D eigenvalue weighted by molar-refractivity contribution is 5.92. The van der Waals surface area contributed by atoms with E-state index in [0.717, 1.165) is 31.5 Å². The summed E-state index contributed by atoms with van der Waals surface area (Å²) in [6.45, 7) is 0. The van der Waals surface area contributed by atoms with Gasteiger partial charge in [0.25, 0.3) is 0 Å². The van der Waals surface area contributed by atoms with E-state index in [9.17, 15) is 9.90 Å². The Morgan fingerprint density at radius 3 is 2.70 bits per heavy atom. The molecule has 122 valence electrons. The third-order valence-corrected chi connectivity index (χ3v) is 4.52. The van der Waals surface area contributed by atoms with Crippen molar-refractivity contribution in [2.24, 2.45) is 0 Å². The summed E-state index contributed by atoms with van der Waals surface area (Å²) in [5.41, 5.74) is 0.583. The van der Waals surface area contributed by atoms with Gasteiger partial charge in [-0.15, -0.1) is 0 Å². The summed E-state index contributed by atoms with van der Waals surface area (Å²) in [6.07, 6.45) is 8.01. The van der Waals surface area contributed by atoms with E-state index >= 15 is 0 Å². The number of methoxy groups -OCH3 is 1. The Labute approximate surface area is 134 Å². The third-order valence-electron chi connectivity index (χ3n) is 4.52. The molecule has 1 heterocycles. The molecular weight excluding hydrogens is 296 g/mol. The minimum Gasteiger partial charge on any atom is -0.507 e. The lowest BCUT2D eigenvalue weighted by atomic mass is 9.92. The van der Waals surface area contributed by atoms with Crippen LogP contribution >= 0.6 is 0 Å². The number of carbonyl (C=O) groups is 1. The number of carboxylic acid groups (broad SMARTS) is 1. The highest BCUT2D eigenvalue weighted by Crippen LogP contribution is 2.34. The van der Waals surface area contributed by atoms with Crippen LogP contribution in [0.25, 0.3) is 11.4 Å². The lowest BCUT2D eigenvalue weighted by Gasteiger charge is -2.29. The van der Waals surface area contributed by atoms with Crippen molar-refractivity contribution in [3.63, 3.8) is 0 Å². The SMILES string of the molecule is COC1CCC(n2ccnc2-c2ccc(O)c(C(=O)O)c2)CC1. The first-order valence-electron chi connectivity index (χ1n) is 7.72. The van der Waals surface area contributed by atoms with Crippen molar-refractivity contribution in [3.8, 4) is 17.1 Å². The van der Waals surface area contributed by atoms with Crippen LogP contribution in [0.1, 0.15) is 42.1 Å². The third kappa shape index (κ3) is 3.07. The first-order chi connectivity index (χ1) is 11.1. The van der Waals surface area contributed by atoms with Crippen molar-refractivity contribution in [1.29, 1.82) is 0 Å². The van der Waals surface area contributed by atoms with E-state index in [-0.39, 0.29) is 11.3 Å². The smallest absolute Gasteiger partial charge is 0.339 e. The molecule has 6 nitrogen and oxygen atoms in total. The van der Waals surface area contributed by atoms with Gasteiger partial charge in [-0.2, -0.15) is 0 Å². The second-order valence-corrected chi connectivity index (χ2v) is 5.86. The van der Waals surface area contributed by atoms with Gasteiger partial charge in [-0.05, 0) is 43.9 Å². The first kappa shape index (κ1) is 15.6. The molecule has 1 fully saturated rings. The van der Waals surface area contributed by atoms with Gasteiger partial charge in [0.1, 0.15) is 17.1 Å². The van der Waals surface area contributed by atoms with Crippen LogP contribution in [0.5, 0.6) is 5.75 Å². The highest BCUT2D eigenvalue weighted by Gasteiger charge is 2.24. The van der Waals surface area contributed by atoms with Crippen LogP contribution in [0.3, 0.4) is 0 Å². The van der Waals surface area contributed by atoms with Crippen LogP contribution in [0, 0.1) is 0 Å². The van der Waals surface area contributed by atoms with Gasteiger partial charge in [0.15, 0.2) is 0 Å². The van der Waals surface area contributed by atoms with Gasteiger partial charge < -0.3 is 19.5 Å². The minimum absolute atomic E-state index is 0.111. The van der Waals surface area contributed by atoms with Crippen LogP contribution in [0.4, 0.5) is 0 Å². The normalized spacial score (nSPS) is 21.3. The van der Waals surface area contributed by atoms with Gasteiger partial charge in [-0.1, -0.05) is 0 Å². The number of phenols is 1. The molecule has 3 rings (SSSR count). The molecule has 2 aromatic rings. The van der Waals surface area contributed by atoms with E-state index in [1.165, 1.54) is 12.1 Å². The maximum absolute atomic E-state index is 11.2. The summed E-state index contributed by atoms with van der Waals surface area (Å²) < 4.78 is 7.51. The summed E-state index contributed by atoms with van der Waals surface area (Å²) in [5.74, 6) is -0.656. The molecule has 0 radical (unpaired) electrons. The number of ether oxygens (including phenoxy) is 1. The maximum Gasteiger partial charge on any atom is 0.339 e. The number of benzene rings is 1. The Hall–Kier alpha value is -2.34. The predicted molar refractivity (Wildman–Crippen MR) is 84.6 cm³/mol. The van der Waals surface area contributed by atoms with Gasteiger partial charge in [0.2, 0.25) is 0 Å². The predicted octanol–water partition coefficient (Wildman–Crippen LogP) is 3.08. The Balaban J connectivity index is 1.90. The lowest BCUT2D eigenvalue weighted by molar-refractivity contribution is 0.0586. The fourth-order valence-electron chi connectivity index (χ4n) is 3.24. The number of aromatic nitrogens is 2. The average molecular weight is 316 g/mol. The second kappa shape index (κ2) is 6.42. The molecule has 1 saturated carbocycles. The topological polar surface area (TPSA) is 84.6 Å². The molecule has 23 heavy (non-hydrogen) atoms. The van der Waals surface area contributed by atoms with Crippen molar-refractivity contribution in [1.82, 2.24) is 9.55 Å². The molecule has 0 amide bonds. The second-order valence-electron chi connectivity index (χ2n) is 5.86. The lowest BCUT2D eigenvalue weighted by Crippen LogP contribution is -2.22. The molecule has 1 aliphatic carbocycles. The van der Waals surface area contributed by atoms with E-state index < -0.39 is 5.97 Å². The van der Waals surface area contributed by atoms with Gasteiger partial charge in [0.05, 0.1) is 6.10 Å². The fourth-order valence-corrected chi connectivity index (χ4v) is 3.24. The quantitative estimate of drug-likeness (QED) is 0.905. The van der Waals surface area contributed by atoms with E-state index in [4.69, 9.17) is 9.84 Å². The first-order valence-corrected chi connectivity index (χ1v) is 7.72. The minimum atomic E-state index is -1.15. The molecule has 0 unspecified atom stereocenters. The molecule has 1 aromatic carbocycles. The Kier molecular flexibility index (Phi) is 4.34. The van der Waals surface area contributed by atoms with E-state index in [1.807, 2.05) is 6.20 Å². The van der Waals surface area contributed by atoms with Crippen molar-refractivity contribution in [3.05, 3.63) is 36.2 Å². The van der Waals surface area contributed by atoms with Gasteiger partial charge in [-0.3, -0.25) is 0 Å². The number of hydrogen-bond acceptors (Lipinski definition) is 4. The van der Waals surface area contributed by atoms with E-state index in [2.05, 4.69) is 9.55 Å². The summed E-state index contributed by atoms with van der Waals surface area (Å²) in [4.78, 5) is 15.6. The van der Waals surface area contributed by atoms with E-state index in [1.54, 1.807) is 19.4 Å². The number of rotatable bonds is 4. The van der Waals surface area contributed by atoms with Crippen molar-refractivity contribution < 1.29 is 19.7 Å². The molecule has 6 heteroatoms. The van der Waals surface area contributed by atoms with Crippen LogP contribution in [0.2, 0.25) is 0 Å². The van der Waals surface area contributed by atoms with Crippen LogP contribution in [0.15, 0.2) is 30.6 Å². The molecule has 0 bridgehead atoms.